The molecule has 0 aliphatic carbocycles. The molecular weight excluding hydrogens is 302 g/mol. The van der Waals surface area contributed by atoms with Gasteiger partial charge in [0.05, 0.1) is 23.9 Å². The minimum Gasteiger partial charge on any atom is -0.382 e. The Labute approximate surface area is 131 Å². The summed E-state index contributed by atoms with van der Waals surface area (Å²) < 4.78 is 32.2. The molecule has 0 spiro atoms. The van der Waals surface area contributed by atoms with Crippen LogP contribution in [0, 0.1) is 11.3 Å². The SMILES string of the molecule is CCOCCNc1cc(C#N)ccc1S(=O)(=O)N1CCCC1. The van der Waals surface area contributed by atoms with Crippen molar-refractivity contribution in [3.63, 3.8) is 0 Å². The average molecular weight is 323 g/mol. The Balaban J connectivity index is 2.27. The van der Waals surface area contributed by atoms with Crippen molar-refractivity contribution in [1.29, 1.82) is 5.26 Å². The molecule has 1 heterocycles. The zero-order valence-corrected chi connectivity index (χ0v) is 13.5. The molecule has 6 nitrogen and oxygen atoms in total. The highest BCUT2D eigenvalue weighted by molar-refractivity contribution is 7.89. The molecule has 1 aromatic carbocycles. The van der Waals surface area contributed by atoms with Crippen LogP contribution in [-0.4, -0.2) is 45.6 Å². The lowest BCUT2D eigenvalue weighted by molar-refractivity contribution is 0.158. The van der Waals surface area contributed by atoms with E-state index in [0.717, 1.165) is 12.8 Å². The number of nitrogens with zero attached hydrogens (tertiary/aromatic N) is 2. The highest BCUT2D eigenvalue weighted by atomic mass is 32.2. The van der Waals surface area contributed by atoms with Crippen LogP contribution >= 0.6 is 0 Å². The van der Waals surface area contributed by atoms with Crippen molar-refractivity contribution in [1.82, 2.24) is 4.31 Å². The van der Waals surface area contributed by atoms with Crippen LogP contribution in [0.15, 0.2) is 23.1 Å². The van der Waals surface area contributed by atoms with E-state index in [1.807, 2.05) is 13.0 Å². The number of nitriles is 1. The van der Waals surface area contributed by atoms with Gasteiger partial charge in [-0.1, -0.05) is 0 Å². The minimum atomic E-state index is -3.52. The van der Waals surface area contributed by atoms with Gasteiger partial charge >= 0.3 is 0 Å². The van der Waals surface area contributed by atoms with E-state index >= 15 is 0 Å². The van der Waals surface area contributed by atoms with E-state index in [0.29, 0.717) is 44.1 Å². The van der Waals surface area contributed by atoms with Gasteiger partial charge < -0.3 is 10.1 Å². The average Bonchev–Trinajstić information content (AvgIpc) is 3.06. The number of hydrogen-bond acceptors (Lipinski definition) is 5. The second-order valence-corrected chi connectivity index (χ2v) is 6.96. The smallest absolute Gasteiger partial charge is 0.245 e. The highest BCUT2D eigenvalue weighted by Gasteiger charge is 2.29. The zero-order valence-electron chi connectivity index (χ0n) is 12.7. The Morgan fingerprint density at radius 2 is 2.09 bits per heavy atom. The third-order valence-corrected chi connectivity index (χ3v) is 5.51. The van der Waals surface area contributed by atoms with E-state index in [1.165, 1.54) is 16.4 Å². The maximum atomic E-state index is 12.7. The van der Waals surface area contributed by atoms with Gasteiger partial charge in [0.15, 0.2) is 0 Å². The van der Waals surface area contributed by atoms with Crippen molar-refractivity contribution in [2.24, 2.45) is 0 Å². The van der Waals surface area contributed by atoms with Crippen LogP contribution in [0.1, 0.15) is 25.3 Å². The summed E-state index contributed by atoms with van der Waals surface area (Å²) in [5, 5.41) is 12.1. The Kier molecular flexibility index (Phi) is 5.77. The molecule has 1 fully saturated rings. The third-order valence-electron chi connectivity index (χ3n) is 3.56. The van der Waals surface area contributed by atoms with Crippen molar-refractivity contribution in [2.75, 3.05) is 38.2 Å². The molecule has 0 bridgehead atoms. The molecule has 7 heteroatoms. The quantitative estimate of drug-likeness (QED) is 0.774. The van der Waals surface area contributed by atoms with Crippen molar-refractivity contribution < 1.29 is 13.2 Å². The molecule has 0 saturated carbocycles. The number of ether oxygens (including phenoxy) is 1. The minimum absolute atomic E-state index is 0.227. The number of sulfonamides is 1. The second-order valence-electron chi connectivity index (χ2n) is 5.06. The highest BCUT2D eigenvalue weighted by Crippen LogP contribution is 2.28. The van der Waals surface area contributed by atoms with E-state index in [2.05, 4.69) is 5.32 Å². The summed E-state index contributed by atoms with van der Waals surface area (Å²) >= 11 is 0. The summed E-state index contributed by atoms with van der Waals surface area (Å²) in [4.78, 5) is 0.227. The molecule has 0 atom stereocenters. The van der Waals surface area contributed by atoms with Gasteiger partial charge in [-0.2, -0.15) is 9.57 Å². The van der Waals surface area contributed by atoms with E-state index in [4.69, 9.17) is 10.00 Å². The van der Waals surface area contributed by atoms with Gasteiger partial charge in [-0.15, -0.1) is 0 Å². The lowest BCUT2D eigenvalue weighted by atomic mass is 10.2. The Hall–Kier alpha value is -1.62. The fourth-order valence-electron chi connectivity index (χ4n) is 2.43. The molecule has 120 valence electrons. The first kappa shape index (κ1) is 16.7. The maximum absolute atomic E-state index is 12.7. The molecule has 0 amide bonds. The fourth-order valence-corrected chi connectivity index (χ4v) is 4.10. The third kappa shape index (κ3) is 3.77. The van der Waals surface area contributed by atoms with E-state index in [-0.39, 0.29) is 4.90 Å². The first-order chi connectivity index (χ1) is 10.6. The lowest BCUT2D eigenvalue weighted by Gasteiger charge is -2.19. The van der Waals surface area contributed by atoms with Crippen LogP contribution in [0.3, 0.4) is 0 Å². The Bertz CT molecular complexity index is 646. The zero-order chi connectivity index (χ0) is 16.0. The van der Waals surface area contributed by atoms with Crippen LogP contribution in [0.4, 0.5) is 5.69 Å². The van der Waals surface area contributed by atoms with Crippen LogP contribution in [0.5, 0.6) is 0 Å². The van der Waals surface area contributed by atoms with Gasteiger partial charge in [0.25, 0.3) is 0 Å². The van der Waals surface area contributed by atoms with Crippen molar-refractivity contribution in [2.45, 2.75) is 24.7 Å². The van der Waals surface area contributed by atoms with Crippen LogP contribution in [0.25, 0.3) is 0 Å². The number of hydrogen-bond donors (Lipinski definition) is 1. The summed E-state index contributed by atoms with van der Waals surface area (Å²) in [6.45, 7) is 4.60. The Morgan fingerprint density at radius 1 is 1.36 bits per heavy atom. The van der Waals surface area contributed by atoms with Gasteiger partial charge in [-0.05, 0) is 38.0 Å². The van der Waals surface area contributed by atoms with Gasteiger partial charge in [0.1, 0.15) is 4.90 Å². The number of benzene rings is 1. The maximum Gasteiger partial charge on any atom is 0.245 e. The van der Waals surface area contributed by atoms with Gasteiger partial charge in [0.2, 0.25) is 10.0 Å². The molecular formula is C15H21N3O3S. The molecule has 0 radical (unpaired) electrons. The predicted molar refractivity (Wildman–Crippen MR) is 84.1 cm³/mol. The van der Waals surface area contributed by atoms with Crippen LogP contribution < -0.4 is 5.32 Å². The number of nitrogens with one attached hydrogen (secondary N) is 1. The van der Waals surface area contributed by atoms with Crippen molar-refractivity contribution >= 4 is 15.7 Å². The Morgan fingerprint density at radius 3 is 2.73 bits per heavy atom. The standard InChI is InChI=1S/C15H21N3O3S/c1-2-21-10-7-17-14-11-13(12-16)5-6-15(14)22(19,20)18-8-3-4-9-18/h5-6,11,17H,2-4,7-10H2,1H3. The molecule has 2 rings (SSSR count). The van der Waals surface area contributed by atoms with Crippen molar-refractivity contribution in [3.05, 3.63) is 23.8 Å². The number of rotatable bonds is 7. The molecule has 1 N–H and O–H groups in total. The largest absolute Gasteiger partial charge is 0.382 e. The topological polar surface area (TPSA) is 82.4 Å². The predicted octanol–water partition coefficient (Wildman–Crippen LogP) is 1.79. The van der Waals surface area contributed by atoms with Gasteiger partial charge in [0, 0.05) is 26.2 Å². The van der Waals surface area contributed by atoms with Gasteiger partial charge in [-0.3, -0.25) is 0 Å². The van der Waals surface area contributed by atoms with Gasteiger partial charge in [-0.25, -0.2) is 8.42 Å². The summed E-state index contributed by atoms with van der Waals surface area (Å²) in [6, 6.07) is 6.66. The van der Waals surface area contributed by atoms with E-state index < -0.39 is 10.0 Å². The monoisotopic (exact) mass is 323 g/mol. The molecule has 1 saturated heterocycles. The van der Waals surface area contributed by atoms with Crippen LogP contribution in [0.2, 0.25) is 0 Å². The van der Waals surface area contributed by atoms with E-state index in [1.54, 1.807) is 6.07 Å². The fraction of sp³-hybridized carbons (Fsp3) is 0.533. The number of anilines is 1. The van der Waals surface area contributed by atoms with E-state index in [9.17, 15) is 8.42 Å². The second kappa shape index (κ2) is 7.58. The molecule has 1 aromatic rings. The van der Waals surface area contributed by atoms with Crippen LogP contribution in [-0.2, 0) is 14.8 Å². The normalized spacial score (nSPS) is 15.6. The summed E-state index contributed by atoms with van der Waals surface area (Å²) in [6.07, 6.45) is 1.78. The summed E-state index contributed by atoms with van der Waals surface area (Å²) in [5.74, 6) is 0. The lowest BCUT2D eigenvalue weighted by Crippen LogP contribution is -2.28. The summed E-state index contributed by atoms with van der Waals surface area (Å²) in [7, 11) is -3.52. The molecule has 1 aliphatic rings. The van der Waals surface area contributed by atoms with Crippen molar-refractivity contribution in [3.8, 4) is 6.07 Å². The first-order valence-corrected chi connectivity index (χ1v) is 8.89. The molecule has 1 aliphatic heterocycles. The summed E-state index contributed by atoms with van der Waals surface area (Å²) in [5.41, 5.74) is 0.893. The molecule has 22 heavy (non-hydrogen) atoms. The molecule has 0 unspecified atom stereocenters. The first-order valence-electron chi connectivity index (χ1n) is 7.45. The molecule has 0 aromatic heterocycles.